The average molecular weight is 414 g/mol. The zero-order valence-electron chi connectivity index (χ0n) is 18.3. The fourth-order valence-corrected chi connectivity index (χ4v) is 3.14. The molecule has 0 aliphatic carbocycles. The molecular formula is C24H35N3OS. The van der Waals surface area contributed by atoms with E-state index in [9.17, 15) is 0 Å². The lowest BCUT2D eigenvalue weighted by Gasteiger charge is -2.11. The van der Waals surface area contributed by atoms with Gasteiger partial charge in [-0.15, -0.1) is 11.8 Å². The molecule has 1 heterocycles. The van der Waals surface area contributed by atoms with E-state index in [1.54, 1.807) is 24.2 Å². The molecule has 0 bridgehead atoms. The maximum Gasteiger partial charge on any atom is 0.119 e. The summed E-state index contributed by atoms with van der Waals surface area (Å²) < 4.78 is 5.64. The SMILES string of the molecule is C=N/C(=C\SCNc1ccc(OCCC)cc1C)c1cccnc1.CCCCC. The minimum atomic E-state index is 0.745. The quantitative estimate of drug-likeness (QED) is 0.241. The van der Waals surface area contributed by atoms with Crippen LogP contribution in [0.1, 0.15) is 57.6 Å². The third kappa shape index (κ3) is 10.2. The van der Waals surface area contributed by atoms with Crippen LogP contribution < -0.4 is 10.1 Å². The van der Waals surface area contributed by atoms with Crippen LogP contribution in [0.3, 0.4) is 0 Å². The molecule has 0 aliphatic rings. The van der Waals surface area contributed by atoms with Crippen molar-refractivity contribution in [2.45, 2.75) is 53.4 Å². The van der Waals surface area contributed by atoms with Crippen molar-refractivity contribution in [1.82, 2.24) is 4.98 Å². The summed E-state index contributed by atoms with van der Waals surface area (Å²) in [6.45, 7) is 13.0. The highest BCUT2D eigenvalue weighted by atomic mass is 32.2. The molecule has 0 amide bonds. The first kappa shape index (κ1) is 24.8. The Bertz CT molecular complexity index is 730. The number of nitrogens with zero attached hydrogens (tertiary/aromatic N) is 2. The minimum absolute atomic E-state index is 0.745. The third-order valence-electron chi connectivity index (χ3n) is 4.05. The molecule has 0 radical (unpaired) electrons. The highest BCUT2D eigenvalue weighted by molar-refractivity contribution is 8.02. The van der Waals surface area contributed by atoms with Gasteiger partial charge >= 0.3 is 0 Å². The Morgan fingerprint density at radius 1 is 1.21 bits per heavy atom. The van der Waals surface area contributed by atoms with Gasteiger partial charge in [-0.2, -0.15) is 0 Å². The van der Waals surface area contributed by atoms with E-state index in [1.807, 2.05) is 23.6 Å². The Morgan fingerprint density at radius 2 is 2.00 bits per heavy atom. The van der Waals surface area contributed by atoms with Gasteiger partial charge in [0.1, 0.15) is 5.75 Å². The standard InChI is InChI=1S/C19H23N3OS.C5H12/c1-4-10-23-17-7-8-18(15(2)11-17)22-14-24-13-19(20-3)16-6-5-9-21-12-16;1-3-5-4-2/h5-9,11-13,22H,3-4,10,14H2,1-2H3;3-5H2,1-2H3/b19-13-;. The summed E-state index contributed by atoms with van der Waals surface area (Å²) >= 11 is 1.64. The molecule has 0 saturated carbocycles. The molecule has 1 aromatic carbocycles. The molecule has 2 aromatic rings. The van der Waals surface area contributed by atoms with Gasteiger partial charge in [-0.3, -0.25) is 9.98 Å². The highest BCUT2D eigenvalue weighted by Crippen LogP contribution is 2.23. The second kappa shape index (κ2) is 15.6. The van der Waals surface area contributed by atoms with Crippen LogP contribution in [0, 0.1) is 6.92 Å². The molecule has 0 spiro atoms. The van der Waals surface area contributed by atoms with E-state index in [-0.39, 0.29) is 0 Å². The van der Waals surface area contributed by atoms with Crippen LogP contribution >= 0.6 is 11.8 Å². The van der Waals surface area contributed by atoms with Crippen LogP contribution in [0.5, 0.6) is 5.75 Å². The van der Waals surface area contributed by atoms with Crippen molar-refractivity contribution < 1.29 is 4.74 Å². The lowest BCUT2D eigenvalue weighted by Crippen LogP contribution is -2.00. The van der Waals surface area contributed by atoms with Crippen molar-refractivity contribution in [3.63, 3.8) is 0 Å². The Morgan fingerprint density at radius 3 is 2.55 bits per heavy atom. The van der Waals surface area contributed by atoms with E-state index in [4.69, 9.17) is 4.74 Å². The summed E-state index contributed by atoms with van der Waals surface area (Å²) in [5, 5.41) is 5.40. The Labute approximate surface area is 180 Å². The van der Waals surface area contributed by atoms with Crippen molar-refractivity contribution in [2.75, 3.05) is 17.8 Å². The molecular weight excluding hydrogens is 378 g/mol. The molecule has 158 valence electrons. The molecule has 1 aromatic heterocycles. The van der Waals surface area contributed by atoms with E-state index in [0.29, 0.717) is 0 Å². The lowest BCUT2D eigenvalue weighted by atomic mass is 10.2. The van der Waals surface area contributed by atoms with Crippen molar-refractivity contribution in [3.8, 4) is 5.75 Å². The number of thioether (sulfide) groups is 1. The third-order valence-corrected chi connectivity index (χ3v) is 4.75. The van der Waals surface area contributed by atoms with Gasteiger partial charge < -0.3 is 10.1 Å². The predicted molar refractivity (Wildman–Crippen MR) is 130 cm³/mol. The molecule has 0 unspecified atom stereocenters. The van der Waals surface area contributed by atoms with E-state index < -0.39 is 0 Å². The van der Waals surface area contributed by atoms with Gasteiger partial charge in [-0.25, -0.2) is 0 Å². The van der Waals surface area contributed by atoms with Crippen molar-refractivity contribution in [3.05, 3.63) is 59.3 Å². The van der Waals surface area contributed by atoms with E-state index >= 15 is 0 Å². The summed E-state index contributed by atoms with van der Waals surface area (Å²) in [7, 11) is 0. The summed E-state index contributed by atoms with van der Waals surface area (Å²) in [5.41, 5.74) is 4.07. The summed E-state index contributed by atoms with van der Waals surface area (Å²) in [6.07, 6.45) is 8.62. The van der Waals surface area contributed by atoms with Crippen LogP contribution in [0.25, 0.3) is 5.70 Å². The Hall–Kier alpha value is -2.27. The maximum absolute atomic E-state index is 5.64. The van der Waals surface area contributed by atoms with Gasteiger partial charge in [-0.1, -0.05) is 40.0 Å². The molecule has 0 atom stereocenters. The highest BCUT2D eigenvalue weighted by Gasteiger charge is 2.01. The van der Waals surface area contributed by atoms with Crippen LogP contribution in [0.15, 0.2) is 53.1 Å². The summed E-state index contributed by atoms with van der Waals surface area (Å²) in [4.78, 5) is 8.17. The first-order valence-electron chi connectivity index (χ1n) is 10.3. The fraction of sp³-hybridized carbons (Fsp3) is 0.417. The van der Waals surface area contributed by atoms with Gasteiger partial charge in [-0.05, 0) is 61.4 Å². The number of aliphatic imine (C=N–C) groups is 1. The Balaban J connectivity index is 0.000000749. The summed E-state index contributed by atoms with van der Waals surface area (Å²) in [6, 6.07) is 9.98. The summed E-state index contributed by atoms with van der Waals surface area (Å²) in [5.74, 6) is 1.66. The molecule has 5 heteroatoms. The zero-order valence-corrected chi connectivity index (χ0v) is 19.1. The number of ether oxygens (including phenoxy) is 1. The van der Waals surface area contributed by atoms with Crippen molar-refractivity contribution >= 4 is 29.9 Å². The van der Waals surface area contributed by atoms with E-state index in [1.165, 1.54) is 24.8 Å². The van der Waals surface area contributed by atoms with Crippen LogP contribution in [0.4, 0.5) is 5.69 Å². The maximum atomic E-state index is 5.64. The number of rotatable bonds is 11. The normalized spacial score (nSPS) is 10.7. The van der Waals surface area contributed by atoms with Crippen LogP contribution in [-0.4, -0.2) is 24.2 Å². The molecule has 0 aliphatic heterocycles. The number of anilines is 1. The van der Waals surface area contributed by atoms with E-state index in [2.05, 4.69) is 61.8 Å². The van der Waals surface area contributed by atoms with Gasteiger partial charge in [0.05, 0.1) is 18.2 Å². The Kier molecular flexibility index (Phi) is 13.3. The van der Waals surface area contributed by atoms with Gasteiger partial charge in [0.2, 0.25) is 0 Å². The largest absolute Gasteiger partial charge is 0.494 e. The van der Waals surface area contributed by atoms with Gasteiger partial charge in [0.25, 0.3) is 0 Å². The number of pyridine rings is 1. The molecule has 1 N–H and O–H groups in total. The first-order chi connectivity index (χ1) is 14.2. The number of aryl methyl sites for hydroxylation is 1. The number of benzene rings is 1. The monoisotopic (exact) mass is 413 g/mol. The molecule has 4 nitrogen and oxygen atoms in total. The minimum Gasteiger partial charge on any atom is -0.494 e. The van der Waals surface area contributed by atoms with Crippen LogP contribution in [-0.2, 0) is 0 Å². The first-order valence-corrected chi connectivity index (χ1v) is 11.4. The molecule has 29 heavy (non-hydrogen) atoms. The number of nitrogens with one attached hydrogen (secondary N) is 1. The van der Waals surface area contributed by atoms with Crippen LogP contribution in [0.2, 0.25) is 0 Å². The van der Waals surface area contributed by atoms with Crippen molar-refractivity contribution in [1.29, 1.82) is 0 Å². The number of hydrogen-bond acceptors (Lipinski definition) is 5. The molecule has 0 fully saturated rings. The lowest BCUT2D eigenvalue weighted by molar-refractivity contribution is 0.317. The van der Waals surface area contributed by atoms with Crippen molar-refractivity contribution in [2.24, 2.45) is 4.99 Å². The predicted octanol–water partition coefficient (Wildman–Crippen LogP) is 7.18. The fourth-order valence-electron chi connectivity index (χ4n) is 2.45. The topological polar surface area (TPSA) is 46.5 Å². The smallest absolute Gasteiger partial charge is 0.119 e. The zero-order chi connectivity index (χ0) is 21.3. The number of aromatic nitrogens is 1. The van der Waals surface area contributed by atoms with Gasteiger partial charge in [0, 0.05) is 23.6 Å². The molecule has 2 rings (SSSR count). The second-order valence-electron chi connectivity index (χ2n) is 6.57. The number of hydrogen-bond donors (Lipinski definition) is 1. The number of unbranched alkanes of at least 4 members (excludes halogenated alkanes) is 2. The van der Waals surface area contributed by atoms with E-state index in [0.717, 1.165) is 41.6 Å². The second-order valence-corrected chi connectivity index (χ2v) is 7.43. The van der Waals surface area contributed by atoms with Gasteiger partial charge in [0.15, 0.2) is 0 Å². The average Bonchev–Trinajstić information content (AvgIpc) is 2.75. The molecule has 0 saturated heterocycles.